The molecule has 1 unspecified atom stereocenters. The molecular formula is C21H21N3O4. The standard InChI is InChI=1S/C21H21N3O4/c1-26-16-10-9-15(13-17(16)27-2)18-20(23-12-11-22-18)24-21(25)19(28-3)14-7-5-4-6-8-14/h4-13,19H,1-3H3,(H,23,24,25). The number of methoxy groups -OCH3 is 3. The van der Waals surface area contributed by atoms with E-state index in [1.54, 1.807) is 32.5 Å². The lowest BCUT2D eigenvalue weighted by atomic mass is 10.1. The van der Waals surface area contributed by atoms with E-state index in [0.717, 1.165) is 11.1 Å². The van der Waals surface area contributed by atoms with Crippen LogP contribution in [0.4, 0.5) is 5.82 Å². The number of hydrogen-bond donors (Lipinski definition) is 1. The number of carbonyl (C=O) groups is 1. The normalized spacial score (nSPS) is 11.5. The maximum atomic E-state index is 12.8. The fourth-order valence-electron chi connectivity index (χ4n) is 2.83. The van der Waals surface area contributed by atoms with Crippen LogP contribution in [0.25, 0.3) is 11.3 Å². The molecule has 0 saturated carbocycles. The summed E-state index contributed by atoms with van der Waals surface area (Å²) in [6.45, 7) is 0. The third-order valence-electron chi connectivity index (χ3n) is 4.17. The zero-order valence-electron chi connectivity index (χ0n) is 15.9. The molecule has 2 aromatic carbocycles. The molecule has 1 amide bonds. The maximum absolute atomic E-state index is 12.8. The molecule has 1 atom stereocenters. The van der Waals surface area contributed by atoms with Crippen molar-refractivity contribution in [2.45, 2.75) is 6.10 Å². The van der Waals surface area contributed by atoms with E-state index in [1.807, 2.05) is 36.4 Å². The third-order valence-corrected chi connectivity index (χ3v) is 4.17. The van der Waals surface area contributed by atoms with Gasteiger partial charge in [-0.05, 0) is 23.8 Å². The van der Waals surface area contributed by atoms with E-state index < -0.39 is 6.10 Å². The number of nitrogens with zero attached hydrogens (tertiary/aromatic N) is 2. The lowest BCUT2D eigenvalue weighted by Gasteiger charge is -2.17. The van der Waals surface area contributed by atoms with E-state index >= 15 is 0 Å². The summed E-state index contributed by atoms with van der Waals surface area (Å²) in [5, 5.41) is 2.81. The van der Waals surface area contributed by atoms with E-state index in [1.165, 1.54) is 13.3 Å². The van der Waals surface area contributed by atoms with Gasteiger partial charge in [-0.25, -0.2) is 4.98 Å². The largest absolute Gasteiger partial charge is 0.493 e. The van der Waals surface area contributed by atoms with Crippen molar-refractivity contribution in [3.8, 4) is 22.8 Å². The first-order valence-electron chi connectivity index (χ1n) is 8.60. The van der Waals surface area contributed by atoms with E-state index in [4.69, 9.17) is 14.2 Å². The Bertz CT molecular complexity index is 947. The topological polar surface area (TPSA) is 82.6 Å². The lowest BCUT2D eigenvalue weighted by Crippen LogP contribution is -2.23. The van der Waals surface area contributed by atoms with Gasteiger partial charge < -0.3 is 19.5 Å². The number of amides is 1. The molecule has 3 aromatic rings. The Hall–Kier alpha value is -3.45. The zero-order chi connectivity index (χ0) is 19.9. The van der Waals surface area contributed by atoms with Crippen LogP contribution in [0.1, 0.15) is 11.7 Å². The molecule has 7 heteroatoms. The van der Waals surface area contributed by atoms with Crippen LogP contribution in [0.2, 0.25) is 0 Å². The van der Waals surface area contributed by atoms with Crippen LogP contribution in [-0.2, 0) is 9.53 Å². The van der Waals surface area contributed by atoms with Gasteiger partial charge in [-0.2, -0.15) is 0 Å². The van der Waals surface area contributed by atoms with Crippen LogP contribution < -0.4 is 14.8 Å². The molecule has 7 nitrogen and oxygen atoms in total. The highest BCUT2D eigenvalue weighted by Crippen LogP contribution is 2.33. The monoisotopic (exact) mass is 379 g/mol. The minimum Gasteiger partial charge on any atom is -0.493 e. The van der Waals surface area contributed by atoms with Crippen LogP contribution in [0, 0.1) is 0 Å². The van der Waals surface area contributed by atoms with Gasteiger partial charge in [0.05, 0.1) is 14.2 Å². The van der Waals surface area contributed by atoms with Crippen LogP contribution in [-0.4, -0.2) is 37.2 Å². The lowest BCUT2D eigenvalue weighted by molar-refractivity contribution is -0.126. The summed E-state index contributed by atoms with van der Waals surface area (Å²) in [6.07, 6.45) is 2.32. The van der Waals surface area contributed by atoms with Gasteiger partial charge in [0.2, 0.25) is 0 Å². The smallest absolute Gasteiger partial charge is 0.259 e. The number of ether oxygens (including phenoxy) is 3. The molecule has 1 aromatic heterocycles. The summed E-state index contributed by atoms with van der Waals surface area (Å²) < 4.78 is 16.0. The van der Waals surface area contributed by atoms with Crippen molar-refractivity contribution < 1.29 is 19.0 Å². The van der Waals surface area contributed by atoms with Gasteiger partial charge in [-0.15, -0.1) is 0 Å². The first-order valence-corrected chi connectivity index (χ1v) is 8.60. The molecule has 0 spiro atoms. The summed E-state index contributed by atoms with van der Waals surface area (Å²) in [5.41, 5.74) is 1.99. The van der Waals surface area contributed by atoms with Crippen molar-refractivity contribution in [3.63, 3.8) is 0 Å². The minimum absolute atomic E-state index is 0.331. The summed E-state index contributed by atoms with van der Waals surface area (Å²) in [6, 6.07) is 14.6. The highest BCUT2D eigenvalue weighted by Gasteiger charge is 2.22. The fourth-order valence-corrected chi connectivity index (χ4v) is 2.83. The Morgan fingerprint density at radius 3 is 2.32 bits per heavy atom. The first-order chi connectivity index (χ1) is 13.7. The molecule has 0 bridgehead atoms. The number of rotatable bonds is 7. The summed E-state index contributed by atoms with van der Waals surface area (Å²) in [5.74, 6) is 1.15. The van der Waals surface area contributed by atoms with E-state index in [-0.39, 0.29) is 5.91 Å². The number of nitrogens with one attached hydrogen (secondary N) is 1. The SMILES string of the molecule is COc1ccc(-c2nccnc2NC(=O)C(OC)c2ccccc2)cc1OC. The Morgan fingerprint density at radius 2 is 1.64 bits per heavy atom. The predicted molar refractivity (Wildman–Crippen MR) is 105 cm³/mol. The predicted octanol–water partition coefficient (Wildman–Crippen LogP) is 3.49. The molecule has 0 radical (unpaired) electrons. The van der Waals surface area contributed by atoms with Crippen molar-refractivity contribution >= 4 is 11.7 Å². The van der Waals surface area contributed by atoms with Gasteiger partial charge in [0, 0.05) is 25.1 Å². The Morgan fingerprint density at radius 1 is 0.929 bits per heavy atom. The highest BCUT2D eigenvalue weighted by atomic mass is 16.5. The van der Waals surface area contributed by atoms with Crippen LogP contribution in [0.5, 0.6) is 11.5 Å². The van der Waals surface area contributed by atoms with Gasteiger partial charge in [0.15, 0.2) is 23.4 Å². The number of hydrogen-bond acceptors (Lipinski definition) is 6. The summed E-state index contributed by atoms with van der Waals surface area (Å²) in [7, 11) is 4.62. The average molecular weight is 379 g/mol. The molecule has 0 saturated heterocycles. The molecule has 1 heterocycles. The Kier molecular flexibility index (Phi) is 6.18. The summed E-state index contributed by atoms with van der Waals surface area (Å²) >= 11 is 0. The van der Waals surface area contributed by atoms with Gasteiger partial charge >= 0.3 is 0 Å². The molecule has 144 valence electrons. The van der Waals surface area contributed by atoms with Crippen molar-refractivity contribution in [1.82, 2.24) is 9.97 Å². The average Bonchev–Trinajstić information content (AvgIpc) is 2.75. The van der Waals surface area contributed by atoms with Crippen molar-refractivity contribution in [2.24, 2.45) is 0 Å². The van der Waals surface area contributed by atoms with E-state index in [9.17, 15) is 4.79 Å². The molecule has 0 aliphatic carbocycles. The summed E-state index contributed by atoms with van der Waals surface area (Å²) in [4.78, 5) is 21.5. The van der Waals surface area contributed by atoms with Crippen LogP contribution >= 0.6 is 0 Å². The molecule has 0 fully saturated rings. The quantitative estimate of drug-likeness (QED) is 0.677. The molecule has 0 aliphatic heterocycles. The molecule has 0 aliphatic rings. The van der Waals surface area contributed by atoms with Gasteiger partial charge in [0.1, 0.15) is 5.69 Å². The Labute approximate surface area is 163 Å². The molecular weight excluding hydrogens is 358 g/mol. The minimum atomic E-state index is -0.763. The molecule has 3 rings (SSSR count). The number of benzene rings is 2. The third kappa shape index (κ3) is 4.10. The zero-order valence-corrected chi connectivity index (χ0v) is 15.9. The van der Waals surface area contributed by atoms with Crippen molar-refractivity contribution in [1.29, 1.82) is 0 Å². The van der Waals surface area contributed by atoms with Crippen molar-refractivity contribution in [2.75, 3.05) is 26.6 Å². The van der Waals surface area contributed by atoms with Crippen LogP contribution in [0.15, 0.2) is 60.9 Å². The van der Waals surface area contributed by atoms with Crippen LogP contribution in [0.3, 0.4) is 0 Å². The Balaban J connectivity index is 1.91. The molecule has 28 heavy (non-hydrogen) atoms. The second kappa shape index (κ2) is 8.96. The van der Waals surface area contributed by atoms with Gasteiger partial charge in [-0.1, -0.05) is 30.3 Å². The first kappa shape index (κ1) is 19.3. The number of anilines is 1. The second-order valence-electron chi connectivity index (χ2n) is 5.84. The maximum Gasteiger partial charge on any atom is 0.259 e. The number of carbonyl (C=O) groups excluding carboxylic acids is 1. The van der Waals surface area contributed by atoms with E-state index in [2.05, 4.69) is 15.3 Å². The van der Waals surface area contributed by atoms with Gasteiger partial charge in [0.25, 0.3) is 5.91 Å². The fraction of sp³-hybridized carbons (Fsp3) is 0.190. The second-order valence-corrected chi connectivity index (χ2v) is 5.84. The van der Waals surface area contributed by atoms with Crippen molar-refractivity contribution in [3.05, 3.63) is 66.5 Å². The van der Waals surface area contributed by atoms with Gasteiger partial charge in [-0.3, -0.25) is 9.78 Å². The number of aromatic nitrogens is 2. The molecule has 1 N–H and O–H groups in total. The van der Waals surface area contributed by atoms with E-state index in [0.29, 0.717) is 23.0 Å². The highest BCUT2D eigenvalue weighted by molar-refractivity contribution is 5.96.